The van der Waals surface area contributed by atoms with E-state index >= 15 is 0 Å². The van der Waals surface area contributed by atoms with Crippen molar-refractivity contribution in [3.05, 3.63) is 83.6 Å². The average Bonchev–Trinajstić information content (AvgIpc) is 3.25. The number of nitrogens with zero attached hydrogens (tertiary/aromatic N) is 3. The van der Waals surface area contributed by atoms with Crippen LogP contribution in [0.4, 0.5) is 0 Å². The van der Waals surface area contributed by atoms with Gasteiger partial charge in [-0.2, -0.15) is 5.10 Å². The van der Waals surface area contributed by atoms with Crippen molar-refractivity contribution in [1.82, 2.24) is 19.7 Å². The number of rotatable bonds is 3. The molecule has 0 aliphatic rings. The molecule has 0 aliphatic heterocycles. The van der Waals surface area contributed by atoms with Crippen molar-refractivity contribution >= 4 is 21.8 Å². The SMILES string of the molecule is Cc1ccc(Cn2nc(-c3nc4cc5ccccc5cc4[nH]3)cc2C)cc1. The lowest BCUT2D eigenvalue weighted by molar-refractivity contribution is 0.666. The summed E-state index contributed by atoms with van der Waals surface area (Å²) in [4.78, 5) is 8.20. The average molecular weight is 352 g/mol. The predicted molar refractivity (Wildman–Crippen MR) is 110 cm³/mol. The number of aryl methyl sites for hydroxylation is 2. The smallest absolute Gasteiger partial charge is 0.159 e. The van der Waals surface area contributed by atoms with Crippen LogP contribution in [-0.4, -0.2) is 19.7 Å². The highest BCUT2D eigenvalue weighted by molar-refractivity contribution is 5.95. The molecule has 0 radical (unpaired) electrons. The largest absolute Gasteiger partial charge is 0.337 e. The van der Waals surface area contributed by atoms with Gasteiger partial charge in [-0.05, 0) is 48.4 Å². The van der Waals surface area contributed by atoms with E-state index in [0.717, 1.165) is 34.8 Å². The van der Waals surface area contributed by atoms with Crippen molar-refractivity contribution in [2.24, 2.45) is 0 Å². The Hall–Kier alpha value is -3.40. The fourth-order valence-corrected chi connectivity index (χ4v) is 3.47. The number of aromatic nitrogens is 4. The van der Waals surface area contributed by atoms with Crippen molar-refractivity contribution < 1.29 is 0 Å². The molecule has 0 saturated carbocycles. The molecular weight excluding hydrogens is 332 g/mol. The third-order valence-corrected chi connectivity index (χ3v) is 5.03. The Labute approximate surface area is 157 Å². The van der Waals surface area contributed by atoms with E-state index in [9.17, 15) is 0 Å². The van der Waals surface area contributed by atoms with Gasteiger partial charge in [-0.1, -0.05) is 54.1 Å². The Morgan fingerprint density at radius 1 is 0.889 bits per heavy atom. The Balaban J connectivity index is 1.52. The molecule has 0 bridgehead atoms. The first-order valence-corrected chi connectivity index (χ1v) is 9.14. The Morgan fingerprint density at radius 3 is 2.41 bits per heavy atom. The van der Waals surface area contributed by atoms with Gasteiger partial charge in [-0.15, -0.1) is 0 Å². The van der Waals surface area contributed by atoms with Gasteiger partial charge < -0.3 is 4.98 Å². The molecule has 132 valence electrons. The molecule has 4 nitrogen and oxygen atoms in total. The third kappa shape index (κ3) is 2.89. The molecule has 0 aliphatic carbocycles. The van der Waals surface area contributed by atoms with Crippen molar-refractivity contribution in [2.75, 3.05) is 0 Å². The monoisotopic (exact) mass is 352 g/mol. The molecule has 0 saturated heterocycles. The highest BCUT2D eigenvalue weighted by atomic mass is 15.3. The molecule has 0 spiro atoms. The first-order valence-electron chi connectivity index (χ1n) is 9.14. The van der Waals surface area contributed by atoms with Crippen molar-refractivity contribution in [3.8, 4) is 11.5 Å². The summed E-state index contributed by atoms with van der Waals surface area (Å²) in [6.07, 6.45) is 0. The summed E-state index contributed by atoms with van der Waals surface area (Å²) in [5.41, 5.74) is 6.51. The highest BCUT2D eigenvalue weighted by Gasteiger charge is 2.12. The van der Waals surface area contributed by atoms with E-state index in [4.69, 9.17) is 10.1 Å². The van der Waals surface area contributed by atoms with Crippen LogP contribution in [0.2, 0.25) is 0 Å². The lowest BCUT2D eigenvalue weighted by atomic mass is 10.1. The molecule has 4 heteroatoms. The summed E-state index contributed by atoms with van der Waals surface area (Å²) in [6.45, 7) is 4.95. The van der Waals surface area contributed by atoms with E-state index in [0.29, 0.717) is 0 Å². The van der Waals surface area contributed by atoms with Gasteiger partial charge in [0.15, 0.2) is 5.82 Å². The molecule has 2 aromatic heterocycles. The standard InChI is InChI=1S/C23H20N4/c1-15-7-9-17(10-8-15)14-27-16(2)11-22(26-27)23-24-20-12-18-5-3-4-6-19(18)13-21(20)25-23/h3-13H,14H2,1-2H3,(H,24,25). The summed E-state index contributed by atoms with van der Waals surface area (Å²) in [5.74, 6) is 0.811. The van der Waals surface area contributed by atoms with E-state index in [1.165, 1.54) is 21.9 Å². The van der Waals surface area contributed by atoms with Crippen LogP contribution in [-0.2, 0) is 6.54 Å². The fraction of sp³-hybridized carbons (Fsp3) is 0.130. The number of H-pyrrole nitrogens is 1. The zero-order chi connectivity index (χ0) is 18.4. The summed E-state index contributed by atoms with van der Waals surface area (Å²) in [7, 11) is 0. The molecule has 5 aromatic rings. The maximum atomic E-state index is 4.79. The molecule has 5 rings (SSSR count). The second kappa shape index (κ2) is 6.09. The number of nitrogens with one attached hydrogen (secondary N) is 1. The van der Waals surface area contributed by atoms with E-state index in [1.807, 2.05) is 4.68 Å². The van der Waals surface area contributed by atoms with E-state index in [1.54, 1.807) is 0 Å². The third-order valence-electron chi connectivity index (χ3n) is 5.03. The molecule has 0 atom stereocenters. The summed E-state index contributed by atoms with van der Waals surface area (Å²) >= 11 is 0. The fourth-order valence-electron chi connectivity index (χ4n) is 3.47. The van der Waals surface area contributed by atoms with Crippen LogP contribution < -0.4 is 0 Å². The number of imidazole rings is 1. The van der Waals surface area contributed by atoms with Gasteiger partial charge >= 0.3 is 0 Å². The van der Waals surface area contributed by atoms with Gasteiger partial charge in [0.1, 0.15) is 5.69 Å². The van der Waals surface area contributed by atoms with Crippen LogP contribution in [0, 0.1) is 13.8 Å². The Morgan fingerprint density at radius 2 is 1.63 bits per heavy atom. The van der Waals surface area contributed by atoms with Gasteiger partial charge in [0.05, 0.1) is 17.6 Å². The zero-order valence-electron chi connectivity index (χ0n) is 15.4. The molecule has 0 fully saturated rings. The van der Waals surface area contributed by atoms with Crippen LogP contribution in [0.15, 0.2) is 66.7 Å². The normalized spacial score (nSPS) is 11.5. The predicted octanol–water partition coefficient (Wildman–Crippen LogP) is 5.24. The molecule has 3 aromatic carbocycles. The highest BCUT2D eigenvalue weighted by Crippen LogP contribution is 2.25. The molecule has 0 amide bonds. The van der Waals surface area contributed by atoms with E-state index in [2.05, 4.69) is 85.6 Å². The quantitative estimate of drug-likeness (QED) is 0.482. The summed E-state index contributed by atoms with van der Waals surface area (Å²) in [6, 6.07) is 23.3. The molecule has 2 heterocycles. The van der Waals surface area contributed by atoms with Gasteiger partial charge in [0, 0.05) is 5.69 Å². The van der Waals surface area contributed by atoms with E-state index in [-0.39, 0.29) is 0 Å². The lowest BCUT2D eigenvalue weighted by Crippen LogP contribution is -2.03. The number of fused-ring (bicyclic) bond motifs is 2. The van der Waals surface area contributed by atoms with Crippen molar-refractivity contribution in [2.45, 2.75) is 20.4 Å². The van der Waals surface area contributed by atoms with Crippen LogP contribution in [0.5, 0.6) is 0 Å². The first kappa shape index (κ1) is 15.8. The maximum Gasteiger partial charge on any atom is 0.159 e. The zero-order valence-corrected chi connectivity index (χ0v) is 15.4. The number of benzene rings is 3. The summed E-state index contributed by atoms with van der Waals surface area (Å²) in [5, 5.41) is 7.19. The van der Waals surface area contributed by atoms with E-state index < -0.39 is 0 Å². The minimum atomic E-state index is 0.760. The molecule has 27 heavy (non-hydrogen) atoms. The van der Waals surface area contributed by atoms with Crippen molar-refractivity contribution in [3.63, 3.8) is 0 Å². The Kier molecular flexibility index (Phi) is 3.57. The Bertz CT molecular complexity index is 1210. The van der Waals surface area contributed by atoms with Gasteiger partial charge in [0.2, 0.25) is 0 Å². The number of aromatic amines is 1. The summed E-state index contributed by atoms with van der Waals surface area (Å²) < 4.78 is 2.03. The lowest BCUT2D eigenvalue weighted by Gasteiger charge is -2.04. The minimum Gasteiger partial charge on any atom is -0.337 e. The minimum absolute atomic E-state index is 0.760. The van der Waals surface area contributed by atoms with Gasteiger partial charge in [-0.3, -0.25) is 4.68 Å². The first-order chi connectivity index (χ1) is 13.2. The van der Waals surface area contributed by atoms with Crippen LogP contribution in [0.25, 0.3) is 33.3 Å². The second-order valence-electron chi connectivity index (χ2n) is 7.12. The molecule has 0 unspecified atom stereocenters. The van der Waals surface area contributed by atoms with Crippen LogP contribution in [0.1, 0.15) is 16.8 Å². The molecular formula is C23H20N4. The number of hydrogen-bond donors (Lipinski definition) is 1. The number of hydrogen-bond acceptors (Lipinski definition) is 2. The molecule has 1 N–H and O–H groups in total. The van der Waals surface area contributed by atoms with Gasteiger partial charge in [0.25, 0.3) is 0 Å². The maximum absolute atomic E-state index is 4.79. The van der Waals surface area contributed by atoms with Gasteiger partial charge in [-0.25, -0.2) is 4.98 Å². The topological polar surface area (TPSA) is 46.5 Å². The van der Waals surface area contributed by atoms with Crippen LogP contribution >= 0.6 is 0 Å². The second-order valence-corrected chi connectivity index (χ2v) is 7.12. The van der Waals surface area contributed by atoms with Crippen molar-refractivity contribution in [1.29, 1.82) is 0 Å². The van der Waals surface area contributed by atoms with Crippen LogP contribution in [0.3, 0.4) is 0 Å².